The summed E-state index contributed by atoms with van der Waals surface area (Å²) in [5.74, 6) is 0.244. The summed E-state index contributed by atoms with van der Waals surface area (Å²) in [4.78, 5) is 24.1. The van der Waals surface area contributed by atoms with Crippen LogP contribution in [-0.2, 0) is 4.79 Å². The highest BCUT2D eigenvalue weighted by Crippen LogP contribution is 2.38. The molecule has 1 aromatic carbocycles. The molecule has 1 aliphatic rings. The van der Waals surface area contributed by atoms with E-state index in [0.29, 0.717) is 35.8 Å². The Morgan fingerprint density at radius 1 is 1.22 bits per heavy atom. The van der Waals surface area contributed by atoms with Crippen LogP contribution in [0.5, 0.6) is 5.75 Å². The van der Waals surface area contributed by atoms with Crippen molar-refractivity contribution in [1.29, 1.82) is 0 Å². The van der Waals surface area contributed by atoms with E-state index < -0.39 is 0 Å². The molecule has 1 aromatic heterocycles. The average Bonchev–Trinajstić information content (AvgIpc) is 3.32. The van der Waals surface area contributed by atoms with Gasteiger partial charge in [-0.05, 0) is 44.0 Å². The minimum absolute atomic E-state index is 0.0584. The Morgan fingerprint density at radius 2 is 1.96 bits per heavy atom. The summed E-state index contributed by atoms with van der Waals surface area (Å²) < 4.78 is 1.42. The second-order valence-electron chi connectivity index (χ2n) is 6.82. The number of hydrogen-bond acceptors (Lipinski definition) is 4. The number of phenolic OH excluding ortho intramolecular Hbond substituents is 1. The molecule has 3 N–H and O–H groups in total. The van der Waals surface area contributed by atoms with Crippen LogP contribution in [0.4, 0.5) is 10.5 Å². The Labute approximate surface area is 158 Å². The number of nitrogens with zero attached hydrogens (tertiary/aromatic N) is 2. The van der Waals surface area contributed by atoms with Crippen molar-refractivity contribution in [3.05, 3.63) is 30.0 Å². The van der Waals surface area contributed by atoms with Gasteiger partial charge < -0.3 is 15.7 Å². The maximum atomic E-state index is 12.5. The highest BCUT2D eigenvalue weighted by atomic mass is 16.3. The molecular weight excluding hydrogens is 344 g/mol. The van der Waals surface area contributed by atoms with Crippen molar-refractivity contribution in [1.82, 2.24) is 15.1 Å². The van der Waals surface area contributed by atoms with Crippen molar-refractivity contribution in [3.8, 4) is 17.0 Å². The fraction of sp³-hybridized carbons (Fsp3) is 0.450. The van der Waals surface area contributed by atoms with Crippen molar-refractivity contribution in [3.63, 3.8) is 0 Å². The molecule has 27 heavy (non-hydrogen) atoms. The number of amides is 2. The van der Waals surface area contributed by atoms with E-state index >= 15 is 0 Å². The molecule has 0 radical (unpaired) electrons. The number of rotatable bonds is 5. The van der Waals surface area contributed by atoms with Crippen LogP contribution in [0.3, 0.4) is 0 Å². The Bertz CT molecular complexity index is 838. The predicted molar refractivity (Wildman–Crippen MR) is 104 cm³/mol. The molecule has 0 saturated heterocycles. The van der Waals surface area contributed by atoms with Crippen LogP contribution in [0.25, 0.3) is 11.3 Å². The number of anilines is 1. The number of carbonyl (C=O) groups is 2. The normalized spacial score (nSPS) is 14.3. The van der Waals surface area contributed by atoms with Gasteiger partial charge in [0.25, 0.3) is 0 Å². The lowest BCUT2D eigenvalue weighted by molar-refractivity contribution is -0.115. The number of aromatic nitrogens is 2. The van der Waals surface area contributed by atoms with Gasteiger partial charge in [-0.25, -0.2) is 4.79 Å². The molecule has 3 rings (SSSR count). The second kappa shape index (κ2) is 8.24. The zero-order valence-corrected chi connectivity index (χ0v) is 15.8. The van der Waals surface area contributed by atoms with Crippen LogP contribution < -0.4 is 10.6 Å². The summed E-state index contributed by atoms with van der Waals surface area (Å²) in [5, 5.41) is 20.4. The molecule has 0 atom stereocenters. The fourth-order valence-electron chi connectivity index (χ4n) is 3.50. The van der Waals surface area contributed by atoms with Gasteiger partial charge in [0, 0.05) is 30.1 Å². The largest absolute Gasteiger partial charge is 0.507 e. The molecule has 7 nitrogen and oxygen atoms in total. The van der Waals surface area contributed by atoms with Crippen molar-refractivity contribution in [2.75, 3.05) is 11.9 Å². The van der Waals surface area contributed by atoms with Gasteiger partial charge in [0.15, 0.2) is 0 Å². The van der Waals surface area contributed by atoms with E-state index in [4.69, 9.17) is 0 Å². The molecular formula is C20H26N4O3. The lowest BCUT2D eigenvalue weighted by Crippen LogP contribution is -2.30. The third-order valence-corrected chi connectivity index (χ3v) is 4.91. The predicted octanol–water partition coefficient (Wildman–Crippen LogP) is 3.84. The SMILES string of the molecule is CCNC(=O)n1nc(-c2cc(NC(=O)CC)ccc2O)cc1C1CCCC1. The Hall–Kier alpha value is -2.83. The molecule has 2 aromatic rings. The van der Waals surface area contributed by atoms with Crippen molar-refractivity contribution in [2.45, 2.75) is 51.9 Å². The number of nitrogens with one attached hydrogen (secondary N) is 2. The number of benzene rings is 1. The zero-order valence-electron chi connectivity index (χ0n) is 15.8. The quantitative estimate of drug-likeness (QED) is 0.697. The lowest BCUT2D eigenvalue weighted by atomic mass is 10.0. The first-order chi connectivity index (χ1) is 13.0. The first-order valence-electron chi connectivity index (χ1n) is 9.54. The number of carbonyl (C=O) groups excluding carboxylic acids is 2. The Morgan fingerprint density at radius 3 is 2.63 bits per heavy atom. The summed E-state index contributed by atoms with van der Waals surface area (Å²) >= 11 is 0. The number of aromatic hydroxyl groups is 1. The van der Waals surface area contributed by atoms with E-state index in [1.807, 2.05) is 13.0 Å². The fourth-order valence-corrected chi connectivity index (χ4v) is 3.50. The molecule has 144 valence electrons. The number of hydrogen-bond donors (Lipinski definition) is 3. The van der Waals surface area contributed by atoms with E-state index in [9.17, 15) is 14.7 Å². The molecule has 1 heterocycles. The topological polar surface area (TPSA) is 96.3 Å². The molecule has 1 aliphatic carbocycles. The lowest BCUT2D eigenvalue weighted by Gasteiger charge is -2.11. The van der Waals surface area contributed by atoms with Crippen molar-refractivity contribution in [2.24, 2.45) is 0 Å². The minimum atomic E-state index is -0.263. The van der Waals surface area contributed by atoms with Crippen LogP contribution in [0, 0.1) is 0 Å². The van der Waals surface area contributed by atoms with Gasteiger partial charge in [-0.1, -0.05) is 19.8 Å². The van der Waals surface area contributed by atoms with Crippen LogP contribution in [-0.4, -0.2) is 33.4 Å². The molecule has 1 fully saturated rings. The highest BCUT2D eigenvalue weighted by molar-refractivity contribution is 5.91. The van der Waals surface area contributed by atoms with E-state index in [-0.39, 0.29) is 17.7 Å². The molecule has 0 bridgehead atoms. The van der Waals surface area contributed by atoms with Gasteiger partial charge in [0.1, 0.15) is 5.75 Å². The van der Waals surface area contributed by atoms with Crippen molar-refractivity contribution < 1.29 is 14.7 Å². The molecule has 0 unspecified atom stereocenters. The van der Waals surface area contributed by atoms with Gasteiger partial charge >= 0.3 is 6.03 Å². The molecule has 7 heteroatoms. The van der Waals surface area contributed by atoms with Crippen LogP contribution in [0.15, 0.2) is 24.3 Å². The third-order valence-electron chi connectivity index (χ3n) is 4.91. The second-order valence-corrected chi connectivity index (χ2v) is 6.82. The van der Waals surface area contributed by atoms with E-state index in [1.54, 1.807) is 19.1 Å². The maximum Gasteiger partial charge on any atom is 0.342 e. The van der Waals surface area contributed by atoms with Gasteiger partial charge in [-0.2, -0.15) is 9.78 Å². The standard InChI is InChI=1S/C20H26N4O3/c1-3-19(26)22-14-9-10-18(25)15(11-14)16-12-17(13-7-5-6-8-13)24(23-16)20(27)21-4-2/h9-13,25H,3-8H2,1-2H3,(H,21,27)(H,22,26). The number of phenols is 1. The minimum Gasteiger partial charge on any atom is -0.507 e. The zero-order chi connectivity index (χ0) is 19.4. The Kier molecular flexibility index (Phi) is 5.78. The van der Waals surface area contributed by atoms with Crippen LogP contribution in [0.2, 0.25) is 0 Å². The average molecular weight is 370 g/mol. The summed E-state index contributed by atoms with van der Waals surface area (Å²) in [6.45, 7) is 4.16. The van der Waals surface area contributed by atoms with Crippen LogP contribution in [0.1, 0.15) is 57.6 Å². The first-order valence-corrected chi connectivity index (χ1v) is 9.54. The Balaban J connectivity index is 2.01. The molecule has 0 spiro atoms. The summed E-state index contributed by atoms with van der Waals surface area (Å²) in [6, 6.07) is 6.48. The molecule has 1 saturated carbocycles. The summed E-state index contributed by atoms with van der Waals surface area (Å²) in [5.41, 5.74) is 2.47. The van der Waals surface area contributed by atoms with E-state index in [0.717, 1.165) is 31.4 Å². The first kappa shape index (κ1) is 18.9. The summed E-state index contributed by atoms with van der Waals surface area (Å²) in [6.07, 6.45) is 4.72. The van der Waals surface area contributed by atoms with Gasteiger partial charge in [0.2, 0.25) is 5.91 Å². The summed E-state index contributed by atoms with van der Waals surface area (Å²) in [7, 11) is 0. The molecule has 2 amide bonds. The van der Waals surface area contributed by atoms with Crippen LogP contribution >= 0.6 is 0 Å². The highest BCUT2D eigenvalue weighted by Gasteiger charge is 2.25. The van der Waals surface area contributed by atoms with Crippen molar-refractivity contribution >= 4 is 17.6 Å². The van der Waals surface area contributed by atoms with Gasteiger partial charge in [-0.15, -0.1) is 0 Å². The smallest absolute Gasteiger partial charge is 0.342 e. The third kappa shape index (κ3) is 4.13. The van der Waals surface area contributed by atoms with Gasteiger partial charge in [0.05, 0.1) is 11.4 Å². The van der Waals surface area contributed by atoms with E-state index in [1.165, 1.54) is 10.7 Å². The van der Waals surface area contributed by atoms with Gasteiger partial charge in [-0.3, -0.25) is 4.79 Å². The van der Waals surface area contributed by atoms with E-state index in [2.05, 4.69) is 15.7 Å². The maximum absolute atomic E-state index is 12.5. The molecule has 0 aliphatic heterocycles. The monoisotopic (exact) mass is 370 g/mol.